The standard InChI is InChI=1S/C15H29NO2/c1-2-3-4-5-6-10-13-18-15(17)16-14-11-8-7-9-12-14/h14H,2-13H2,1H3,(H,16,17). The van der Waals surface area contributed by atoms with Crippen LogP contribution in [0.3, 0.4) is 0 Å². The fourth-order valence-electron chi connectivity index (χ4n) is 2.50. The zero-order valence-electron chi connectivity index (χ0n) is 11.9. The van der Waals surface area contributed by atoms with Crippen LogP contribution >= 0.6 is 0 Å². The van der Waals surface area contributed by atoms with Crippen molar-refractivity contribution in [1.29, 1.82) is 0 Å². The average Bonchev–Trinajstić information content (AvgIpc) is 2.39. The van der Waals surface area contributed by atoms with E-state index in [-0.39, 0.29) is 6.09 Å². The molecule has 1 saturated carbocycles. The van der Waals surface area contributed by atoms with Crippen molar-refractivity contribution < 1.29 is 9.53 Å². The maximum Gasteiger partial charge on any atom is 0.407 e. The van der Waals surface area contributed by atoms with Crippen molar-refractivity contribution in [2.75, 3.05) is 6.61 Å². The number of unbranched alkanes of at least 4 members (excludes halogenated alkanes) is 5. The molecule has 0 radical (unpaired) electrons. The first kappa shape index (κ1) is 15.3. The summed E-state index contributed by atoms with van der Waals surface area (Å²) in [5.74, 6) is 0. The summed E-state index contributed by atoms with van der Waals surface area (Å²) < 4.78 is 5.20. The lowest BCUT2D eigenvalue weighted by Gasteiger charge is -2.22. The van der Waals surface area contributed by atoms with Gasteiger partial charge in [-0.1, -0.05) is 58.3 Å². The molecule has 1 amide bonds. The van der Waals surface area contributed by atoms with E-state index >= 15 is 0 Å². The van der Waals surface area contributed by atoms with Crippen LogP contribution in [-0.4, -0.2) is 18.7 Å². The number of hydrogen-bond acceptors (Lipinski definition) is 2. The summed E-state index contributed by atoms with van der Waals surface area (Å²) in [6, 6.07) is 0.357. The predicted octanol–water partition coefficient (Wildman–Crippen LogP) is 4.41. The quantitative estimate of drug-likeness (QED) is 0.653. The lowest BCUT2D eigenvalue weighted by atomic mass is 9.96. The Kier molecular flexibility index (Phi) is 8.70. The molecule has 0 unspecified atom stereocenters. The molecule has 0 heterocycles. The summed E-state index contributed by atoms with van der Waals surface area (Å²) in [5.41, 5.74) is 0. The van der Waals surface area contributed by atoms with Gasteiger partial charge in [-0.15, -0.1) is 0 Å². The minimum absolute atomic E-state index is 0.213. The first-order chi connectivity index (χ1) is 8.83. The van der Waals surface area contributed by atoms with Gasteiger partial charge < -0.3 is 10.1 Å². The van der Waals surface area contributed by atoms with Crippen LogP contribution in [0.25, 0.3) is 0 Å². The van der Waals surface area contributed by atoms with E-state index in [9.17, 15) is 4.79 Å². The van der Waals surface area contributed by atoms with Crippen LogP contribution in [0.2, 0.25) is 0 Å². The van der Waals surface area contributed by atoms with Crippen LogP contribution in [0.4, 0.5) is 4.79 Å². The maximum absolute atomic E-state index is 11.5. The van der Waals surface area contributed by atoms with Crippen molar-refractivity contribution >= 4 is 6.09 Å². The molecule has 1 N–H and O–H groups in total. The molecule has 0 aromatic carbocycles. The first-order valence-corrected chi connectivity index (χ1v) is 7.76. The molecule has 1 rings (SSSR count). The Morgan fingerprint density at radius 3 is 2.44 bits per heavy atom. The van der Waals surface area contributed by atoms with E-state index in [0.29, 0.717) is 12.6 Å². The Labute approximate surface area is 112 Å². The van der Waals surface area contributed by atoms with E-state index in [0.717, 1.165) is 19.3 Å². The lowest BCUT2D eigenvalue weighted by Crippen LogP contribution is -2.36. The van der Waals surface area contributed by atoms with Crippen molar-refractivity contribution in [3.05, 3.63) is 0 Å². The summed E-state index contributed by atoms with van der Waals surface area (Å²) in [7, 11) is 0. The van der Waals surface area contributed by atoms with Crippen molar-refractivity contribution in [3.63, 3.8) is 0 Å². The van der Waals surface area contributed by atoms with Gasteiger partial charge in [-0.3, -0.25) is 0 Å². The Balaban J connectivity index is 1.90. The van der Waals surface area contributed by atoms with Gasteiger partial charge in [-0.2, -0.15) is 0 Å². The summed E-state index contributed by atoms with van der Waals surface area (Å²) in [6.45, 7) is 2.80. The highest BCUT2D eigenvalue weighted by molar-refractivity contribution is 5.67. The Morgan fingerprint density at radius 1 is 1.06 bits per heavy atom. The highest BCUT2D eigenvalue weighted by atomic mass is 16.5. The van der Waals surface area contributed by atoms with E-state index in [1.807, 2.05) is 0 Å². The molecule has 0 spiro atoms. The molecule has 1 aliphatic rings. The second kappa shape index (κ2) is 10.2. The number of rotatable bonds is 8. The van der Waals surface area contributed by atoms with E-state index in [1.165, 1.54) is 51.4 Å². The molecular weight excluding hydrogens is 226 g/mol. The van der Waals surface area contributed by atoms with Gasteiger partial charge in [0.05, 0.1) is 6.61 Å². The molecule has 3 nitrogen and oxygen atoms in total. The molecule has 0 bridgehead atoms. The summed E-state index contributed by atoms with van der Waals surface area (Å²) in [5, 5.41) is 2.97. The summed E-state index contributed by atoms with van der Waals surface area (Å²) in [6.07, 6.45) is 13.2. The van der Waals surface area contributed by atoms with Crippen LogP contribution in [0.5, 0.6) is 0 Å². The summed E-state index contributed by atoms with van der Waals surface area (Å²) >= 11 is 0. The van der Waals surface area contributed by atoms with Crippen LogP contribution in [0.1, 0.15) is 77.6 Å². The largest absolute Gasteiger partial charge is 0.450 e. The van der Waals surface area contributed by atoms with Gasteiger partial charge in [0.1, 0.15) is 0 Å². The molecule has 0 atom stereocenters. The number of amides is 1. The summed E-state index contributed by atoms with van der Waals surface area (Å²) in [4.78, 5) is 11.5. The van der Waals surface area contributed by atoms with Crippen LogP contribution < -0.4 is 5.32 Å². The van der Waals surface area contributed by atoms with Gasteiger partial charge in [0.2, 0.25) is 0 Å². The number of hydrogen-bond donors (Lipinski definition) is 1. The van der Waals surface area contributed by atoms with Crippen molar-refractivity contribution in [2.24, 2.45) is 0 Å². The van der Waals surface area contributed by atoms with Crippen molar-refractivity contribution in [3.8, 4) is 0 Å². The minimum atomic E-state index is -0.213. The van der Waals surface area contributed by atoms with Gasteiger partial charge in [0.25, 0.3) is 0 Å². The number of carbonyl (C=O) groups excluding carboxylic acids is 1. The van der Waals surface area contributed by atoms with Crippen LogP contribution in [-0.2, 0) is 4.74 Å². The maximum atomic E-state index is 11.5. The van der Waals surface area contributed by atoms with E-state index in [4.69, 9.17) is 4.74 Å². The molecule has 106 valence electrons. The Hall–Kier alpha value is -0.730. The Morgan fingerprint density at radius 2 is 1.72 bits per heavy atom. The van der Waals surface area contributed by atoms with Gasteiger partial charge in [-0.25, -0.2) is 4.79 Å². The molecule has 0 aromatic heterocycles. The second-order valence-corrected chi connectivity index (χ2v) is 5.38. The SMILES string of the molecule is CCCCCCCCOC(=O)NC1CCCCC1. The smallest absolute Gasteiger partial charge is 0.407 e. The second-order valence-electron chi connectivity index (χ2n) is 5.38. The molecule has 3 heteroatoms. The highest BCUT2D eigenvalue weighted by Gasteiger charge is 2.15. The van der Waals surface area contributed by atoms with E-state index < -0.39 is 0 Å². The predicted molar refractivity (Wildman–Crippen MR) is 74.7 cm³/mol. The number of carbonyl (C=O) groups is 1. The molecule has 1 aliphatic carbocycles. The fourth-order valence-corrected chi connectivity index (χ4v) is 2.50. The molecular formula is C15H29NO2. The molecule has 1 fully saturated rings. The average molecular weight is 255 g/mol. The molecule has 0 saturated heterocycles. The first-order valence-electron chi connectivity index (χ1n) is 7.76. The molecule has 18 heavy (non-hydrogen) atoms. The Bertz CT molecular complexity index is 213. The number of alkyl carbamates (subject to hydrolysis) is 1. The topological polar surface area (TPSA) is 38.3 Å². The van der Waals surface area contributed by atoms with Gasteiger partial charge >= 0.3 is 6.09 Å². The molecule has 0 aromatic rings. The highest BCUT2D eigenvalue weighted by Crippen LogP contribution is 2.17. The minimum Gasteiger partial charge on any atom is -0.450 e. The molecule has 0 aliphatic heterocycles. The van der Waals surface area contributed by atoms with Crippen molar-refractivity contribution in [2.45, 2.75) is 83.6 Å². The fraction of sp³-hybridized carbons (Fsp3) is 0.933. The van der Waals surface area contributed by atoms with Gasteiger partial charge in [-0.05, 0) is 19.3 Å². The van der Waals surface area contributed by atoms with Gasteiger partial charge in [0, 0.05) is 6.04 Å². The lowest BCUT2D eigenvalue weighted by molar-refractivity contribution is 0.137. The monoisotopic (exact) mass is 255 g/mol. The third-order valence-electron chi connectivity index (χ3n) is 3.66. The van der Waals surface area contributed by atoms with Gasteiger partial charge in [0.15, 0.2) is 0 Å². The third-order valence-corrected chi connectivity index (χ3v) is 3.66. The van der Waals surface area contributed by atoms with Crippen molar-refractivity contribution in [1.82, 2.24) is 5.32 Å². The third kappa shape index (κ3) is 7.57. The van der Waals surface area contributed by atoms with Crippen LogP contribution in [0.15, 0.2) is 0 Å². The van der Waals surface area contributed by atoms with E-state index in [2.05, 4.69) is 12.2 Å². The van der Waals surface area contributed by atoms with E-state index in [1.54, 1.807) is 0 Å². The normalized spacial score (nSPS) is 16.5. The van der Waals surface area contributed by atoms with Crippen LogP contribution in [0, 0.1) is 0 Å². The number of ether oxygens (including phenoxy) is 1. The zero-order valence-corrected chi connectivity index (χ0v) is 11.9. The zero-order chi connectivity index (χ0) is 13.1. The number of nitrogens with one attached hydrogen (secondary N) is 1.